The minimum atomic E-state index is -4.74. The lowest BCUT2D eigenvalue weighted by atomic mass is 10.1. The van der Waals surface area contributed by atoms with Crippen molar-refractivity contribution in [2.24, 2.45) is 0 Å². The van der Waals surface area contributed by atoms with Crippen molar-refractivity contribution >= 4 is 21.6 Å². The third-order valence-corrected chi connectivity index (χ3v) is 5.79. The molecular weight excluding hydrogens is 315 g/mol. The average Bonchev–Trinajstić information content (AvgIpc) is 2.36. The number of hydrogen-bond acceptors (Lipinski definition) is 2. The van der Waals surface area contributed by atoms with Gasteiger partial charge >= 0.3 is 6.18 Å². The number of rotatable bonds is 4. The minimum absolute atomic E-state index is 0.0447. The monoisotopic (exact) mass is 329 g/mol. The molecule has 1 rings (SSSR count). The van der Waals surface area contributed by atoms with Gasteiger partial charge in [-0.05, 0) is 26.0 Å². The van der Waals surface area contributed by atoms with Crippen molar-refractivity contribution in [3.63, 3.8) is 0 Å². The molecule has 0 aliphatic rings. The summed E-state index contributed by atoms with van der Waals surface area (Å²) in [6.07, 6.45) is -4.74. The summed E-state index contributed by atoms with van der Waals surface area (Å²) in [6.45, 7) is 3.07. The zero-order valence-corrected chi connectivity index (χ0v) is 12.8. The summed E-state index contributed by atoms with van der Waals surface area (Å²) in [6, 6.07) is 4.09. The molecule has 1 aromatic carbocycles. The molecule has 0 saturated carbocycles. The van der Waals surface area contributed by atoms with Crippen LogP contribution >= 0.6 is 11.6 Å². The Bertz CT molecular complexity index is 585. The summed E-state index contributed by atoms with van der Waals surface area (Å²) in [5, 5.41) is 0. The molecule has 8 heteroatoms. The highest BCUT2D eigenvalue weighted by Gasteiger charge is 2.41. The first kappa shape index (κ1) is 17.3. The Morgan fingerprint density at radius 2 is 1.70 bits per heavy atom. The largest absolute Gasteiger partial charge is 0.417 e. The zero-order valence-electron chi connectivity index (χ0n) is 11.2. The molecule has 0 unspecified atom stereocenters. The summed E-state index contributed by atoms with van der Waals surface area (Å²) in [5.74, 6) is -0.0447. The predicted octanol–water partition coefficient (Wildman–Crippen LogP) is 3.34. The van der Waals surface area contributed by atoms with E-state index >= 15 is 0 Å². The van der Waals surface area contributed by atoms with Gasteiger partial charge in [0.2, 0.25) is 10.0 Å². The SMILES string of the molecule is CN(C(C)(C)CCl)S(=O)(=O)c1ccccc1C(F)(F)F. The van der Waals surface area contributed by atoms with Gasteiger partial charge in [-0.3, -0.25) is 0 Å². The van der Waals surface area contributed by atoms with E-state index in [0.29, 0.717) is 0 Å². The van der Waals surface area contributed by atoms with Gasteiger partial charge in [0.15, 0.2) is 0 Å². The summed E-state index contributed by atoms with van der Waals surface area (Å²) in [7, 11) is -3.08. The molecule has 0 bridgehead atoms. The van der Waals surface area contributed by atoms with Gasteiger partial charge in [0.25, 0.3) is 0 Å². The molecule has 0 amide bonds. The van der Waals surface area contributed by atoms with E-state index in [0.717, 1.165) is 22.5 Å². The molecule has 0 saturated heterocycles. The van der Waals surface area contributed by atoms with Gasteiger partial charge in [-0.15, -0.1) is 11.6 Å². The maximum absolute atomic E-state index is 12.9. The van der Waals surface area contributed by atoms with Gasteiger partial charge in [0, 0.05) is 18.5 Å². The number of sulfonamides is 1. The van der Waals surface area contributed by atoms with Crippen LogP contribution in [0.3, 0.4) is 0 Å². The van der Waals surface area contributed by atoms with Gasteiger partial charge in [-0.1, -0.05) is 12.1 Å². The van der Waals surface area contributed by atoms with Crippen molar-refractivity contribution in [2.75, 3.05) is 12.9 Å². The lowest BCUT2D eigenvalue weighted by Crippen LogP contribution is -2.46. The molecule has 0 aliphatic carbocycles. The van der Waals surface area contributed by atoms with E-state index in [1.165, 1.54) is 27.0 Å². The highest BCUT2D eigenvalue weighted by molar-refractivity contribution is 7.89. The van der Waals surface area contributed by atoms with Crippen LogP contribution in [-0.4, -0.2) is 31.2 Å². The fourth-order valence-corrected chi connectivity index (χ4v) is 3.46. The standard InChI is InChI=1S/C12H15ClF3NO2S/c1-11(2,8-13)17(3)20(18,19)10-7-5-4-6-9(10)12(14,15)16/h4-7H,8H2,1-3H3. The van der Waals surface area contributed by atoms with Crippen LogP contribution in [0.1, 0.15) is 19.4 Å². The Labute approximate surface area is 121 Å². The second kappa shape index (κ2) is 5.54. The minimum Gasteiger partial charge on any atom is -0.207 e. The summed E-state index contributed by atoms with van der Waals surface area (Å²) in [4.78, 5) is -0.770. The molecule has 0 fully saturated rings. The van der Waals surface area contributed by atoms with Crippen LogP contribution in [0.25, 0.3) is 0 Å². The van der Waals surface area contributed by atoms with E-state index < -0.39 is 32.2 Å². The molecule has 1 aromatic rings. The molecule has 0 N–H and O–H groups in total. The topological polar surface area (TPSA) is 37.4 Å². The quantitative estimate of drug-likeness (QED) is 0.794. The first-order valence-electron chi connectivity index (χ1n) is 5.66. The maximum Gasteiger partial charge on any atom is 0.417 e. The molecule has 0 heterocycles. The number of benzene rings is 1. The van der Waals surface area contributed by atoms with Crippen LogP contribution in [0.15, 0.2) is 29.2 Å². The molecule has 114 valence electrons. The van der Waals surface area contributed by atoms with Crippen LogP contribution in [0.4, 0.5) is 13.2 Å². The van der Waals surface area contributed by atoms with Crippen molar-refractivity contribution in [1.82, 2.24) is 4.31 Å². The molecule has 3 nitrogen and oxygen atoms in total. The van der Waals surface area contributed by atoms with Crippen LogP contribution in [0.2, 0.25) is 0 Å². The third kappa shape index (κ3) is 3.27. The Hall–Kier alpha value is -0.790. The number of nitrogens with zero attached hydrogens (tertiary/aromatic N) is 1. The summed E-state index contributed by atoms with van der Waals surface area (Å²) in [5.41, 5.74) is -2.18. The van der Waals surface area contributed by atoms with Crippen molar-refractivity contribution < 1.29 is 21.6 Å². The maximum atomic E-state index is 12.9. The molecule has 0 radical (unpaired) electrons. The van der Waals surface area contributed by atoms with Crippen LogP contribution in [0.5, 0.6) is 0 Å². The van der Waals surface area contributed by atoms with Crippen molar-refractivity contribution in [1.29, 1.82) is 0 Å². The molecule has 0 atom stereocenters. The second-order valence-electron chi connectivity index (χ2n) is 4.91. The van der Waals surface area contributed by atoms with Crippen LogP contribution < -0.4 is 0 Å². The molecule has 0 spiro atoms. The predicted molar refractivity (Wildman–Crippen MR) is 71.2 cm³/mol. The van der Waals surface area contributed by atoms with Crippen LogP contribution in [0, 0.1) is 0 Å². The Morgan fingerprint density at radius 3 is 2.15 bits per heavy atom. The molecular formula is C12H15ClF3NO2S. The first-order valence-corrected chi connectivity index (χ1v) is 7.63. The highest BCUT2D eigenvalue weighted by atomic mass is 35.5. The lowest BCUT2D eigenvalue weighted by molar-refractivity contribution is -0.139. The lowest BCUT2D eigenvalue weighted by Gasteiger charge is -2.33. The normalized spacial score (nSPS) is 13.8. The summed E-state index contributed by atoms with van der Waals surface area (Å²) < 4.78 is 64.3. The summed E-state index contributed by atoms with van der Waals surface area (Å²) >= 11 is 5.68. The van der Waals surface area contributed by atoms with E-state index in [4.69, 9.17) is 11.6 Å². The zero-order chi connectivity index (χ0) is 15.8. The van der Waals surface area contributed by atoms with E-state index in [2.05, 4.69) is 0 Å². The van der Waals surface area contributed by atoms with Crippen molar-refractivity contribution in [3.8, 4) is 0 Å². The average molecular weight is 330 g/mol. The van der Waals surface area contributed by atoms with Crippen molar-refractivity contribution in [2.45, 2.75) is 30.5 Å². The Kier molecular flexibility index (Phi) is 4.78. The van der Waals surface area contributed by atoms with E-state index in [1.807, 2.05) is 0 Å². The highest BCUT2D eigenvalue weighted by Crippen LogP contribution is 2.36. The van der Waals surface area contributed by atoms with Gasteiger partial charge < -0.3 is 0 Å². The molecule has 20 heavy (non-hydrogen) atoms. The fourth-order valence-electron chi connectivity index (χ4n) is 1.48. The van der Waals surface area contributed by atoms with Crippen LogP contribution in [-0.2, 0) is 16.2 Å². The van der Waals surface area contributed by atoms with Gasteiger partial charge in [0.05, 0.1) is 10.5 Å². The third-order valence-electron chi connectivity index (χ3n) is 3.01. The van der Waals surface area contributed by atoms with E-state index in [-0.39, 0.29) is 5.88 Å². The van der Waals surface area contributed by atoms with E-state index in [9.17, 15) is 21.6 Å². The van der Waals surface area contributed by atoms with Crippen molar-refractivity contribution in [3.05, 3.63) is 29.8 Å². The number of hydrogen-bond donors (Lipinski definition) is 0. The number of alkyl halides is 4. The molecule has 0 aromatic heterocycles. The Balaban J connectivity index is 3.45. The van der Waals surface area contributed by atoms with E-state index in [1.54, 1.807) is 0 Å². The smallest absolute Gasteiger partial charge is 0.207 e. The molecule has 0 aliphatic heterocycles. The fraction of sp³-hybridized carbons (Fsp3) is 0.500. The van der Waals surface area contributed by atoms with Gasteiger partial charge in [0.1, 0.15) is 0 Å². The van der Waals surface area contributed by atoms with Gasteiger partial charge in [-0.25, -0.2) is 8.42 Å². The number of halogens is 4. The first-order chi connectivity index (χ1) is 8.94. The second-order valence-corrected chi connectivity index (χ2v) is 7.12. The Morgan fingerprint density at radius 1 is 1.20 bits per heavy atom. The van der Waals surface area contributed by atoms with Gasteiger partial charge in [-0.2, -0.15) is 17.5 Å².